The molecule has 0 bridgehead atoms. The Hall–Kier alpha value is -4.79. The number of aromatic nitrogens is 5. The van der Waals surface area contributed by atoms with Crippen molar-refractivity contribution in [1.82, 2.24) is 24.5 Å². The van der Waals surface area contributed by atoms with Crippen molar-refractivity contribution in [3.63, 3.8) is 0 Å². The number of pyridine rings is 3. The van der Waals surface area contributed by atoms with Gasteiger partial charge in [0, 0.05) is 24.8 Å². The van der Waals surface area contributed by atoms with Crippen molar-refractivity contribution in [2.45, 2.75) is 13.3 Å². The topological polar surface area (TPSA) is 123 Å². The molecule has 190 valence electrons. The van der Waals surface area contributed by atoms with Gasteiger partial charge in [-0.2, -0.15) is 0 Å². The van der Waals surface area contributed by atoms with E-state index < -0.39 is 5.97 Å². The number of anilines is 2. The van der Waals surface area contributed by atoms with Crippen LogP contribution in [0.15, 0.2) is 79.1 Å². The van der Waals surface area contributed by atoms with E-state index in [0.29, 0.717) is 29.4 Å². The van der Waals surface area contributed by atoms with Gasteiger partial charge >= 0.3 is 5.97 Å². The van der Waals surface area contributed by atoms with E-state index in [1.807, 2.05) is 71.3 Å². The molecule has 2 unspecified atom stereocenters. The van der Waals surface area contributed by atoms with Gasteiger partial charge in [0.1, 0.15) is 17.2 Å². The zero-order valence-electron chi connectivity index (χ0n) is 20.9. The summed E-state index contributed by atoms with van der Waals surface area (Å²) in [6, 6.07) is 21.6. The number of carbonyl (C=O) groups is 1. The number of fused-ring (bicyclic) bond motifs is 1. The fraction of sp³-hybridized carbons (Fsp3) is 0.207. The summed E-state index contributed by atoms with van der Waals surface area (Å²) in [7, 11) is 0. The lowest BCUT2D eigenvalue weighted by molar-refractivity contribution is -0.142. The van der Waals surface area contributed by atoms with Crippen LogP contribution in [0, 0.1) is 11.8 Å². The van der Waals surface area contributed by atoms with Gasteiger partial charge in [0.15, 0.2) is 11.5 Å². The highest BCUT2D eigenvalue weighted by Gasteiger charge is 2.31. The first-order valence-electron chi connectivity index (χ1n) is 12.6. The molecule has 0 saturated carbocycles. The molecule has 38 heavy (non-hydrogen) atoms. The average molecular weight is 506 g/mol. The molecule has 1 aliphatic heterocycles. The summed E-state index contributed by atoms with van der Waals surface area (Å²) in [6.45, 7) is 3.23. The molecule has 0 aliphatic carbocycles. The van der Waals surface area contributed by atoms with E-state index in [0.717, 1.165) is 41.2 Å². The normalized spacial score (nSPS) is 16.1. The van der Waals surface area contributed by atoms with Crippen LogP contribution in [0.4, 0.5) is 11.6 Å². The van der Waals surface area contributed by atoms with Crippen molar-refractivity contribution < 1.29 is 9.90 Å². The van der Waals surface area contributed by atoms with Crippen molar-refractivity contribution in [3.05, 3.63) is 79.1 Å². The van der Waals surface area contributed by atoms with Crippen LogP contribution in [0.3, 0.4) is 0 Å². The second-order valence-corrected chi connectivity index (χ2v) is 9.61. The Morgan fingerprint density at radius 2 is 1.87 bits per heavy atom. The number of nitrogen functional groups attached to an aromatic ring is 1. The molecule has 0 amide bonds. The first kappa shape index (κ1) is 23.6. The van der Waals surface area contributed by atoms with E-state index in [4.69, 9.17) is 20.7 Å². The third kappa shape index (κ3) is 4.21. The van der Waals surface area contributed by atoms with Crippen LogP contribution in [0.1, 0.15) is 13.3 Å². The minimum Gasteiger partial charge on any atom is -0.481 e. The number of carboxylic acid groups (broad SMARTS) is 1. The number of imidazole rings is 1. The number of nitrogens with two attached hydrogens (primary N) is 1. The molecule has 0 radical (unpaired) electrons. The quantitative estimate of drug-likeness (QED) is 0.341. The first-order valence-corrected chi connectivity index (χ1v) is 12.6. The van der Waals surface area contributed by atoms with Crippen LogP contribution in [-0.2, 0) is 4.79 Å². The third-order valence-corrected chi connectivity index (χ3v) is 7.29. The molecule has 9 nitrogen and oxygen atoms in total. The third-order valence-electron chi connectivity index (χ3n) is 7.29. The van der Waals surface area contributed by atoms with Crippen molar-refractivity contribution >= 4 is 28.8 Å². The Labute approximate surface area is 219 Å². The molecule has 6 rings (SSSR count). The van der Waals surface area contributed by atoms with Gasteiger partial charge < -0.3 is 15.7 Å². The predicted octanol–water partition coefficient (Wildman–Crippen LogP) is 4.67. The monoisotopic (exact) mass is 505 g/mol. The van der Waals surface area contributed by atoms with Gasteiger partial charge in [0.2, 0.25) is 0 Å². The van der Waals surface area contributed by atoms with E-state index in [2.05, 4.69) is 9.88 Å². The minimum absolute atomic E-state index is 0.104. The highest BCUT2D eigenvalue weighted by molar-refractivity contribution is 5.84. The molecule has 1 aliphatic rings. The number of benzene rings is 1. The number of rotatable bonds is 6. The number of carboxylic acids is 1. The summed E-state index contributed by atoms with van der Waals surface area (Å²) < 4.78 is 1.96. The maximum Gasteiger partial charge on any atom is 0.306 e. The lowest BCUT2D eigenvalue weighted by Gasteiger charge is -2.19. The van der Waals surface area contributed by atoms with Crippen LogP contribution in [-0.4, -0.2) is 48.7 Å². The Kier molecular flexibility index (Phi) is 5.95. The lowest BCUT2D eigenvalue weighted by Crippen LogP contribution is -2.25. The molecule has 4 aromatic heterocycles. The summed E-state index contributed by atoms with van der Waals surface area (Å²) in [4.78, 5) is 32.5. The van der Waals surface area contributed by atoms with E-state index in [-0.39, 0.29) is 11.8 Å². The molecule has 3 N–H and O–H groups in total. The molecular weight excluding hydrogens is 478 g/mol. The van der Waals surface area contributed by atoms with E-state index in [9.17, 15) is 9.90 Å². The van der Waals surface area contributed by atoms with Crippen LogP contribution in [0.5, 0.6) is 0 Å². The average Bonchev–Trinajstić information content (AvgIpc) is 3.58. The smallest absolute Gasteiger partial charge is 0.306 e. The fourth-order valence-corrected chi connectivity index (χ4v) is 5.06. The van der Waals surface area contributed by atoms with Gasteiger partial charge in [-0.25, -0.2) is 19.9 Å². The van der Waals surface area contributed by atoms with Crippen molar-refractivity contribution in [1.29, 1.82) is 0 Å². The summed E-state index contributed by atoms with van der Waals surface area (Å²) in [5.41, 5.74) is 11.0. The van der Waals surface area contributed by atoms with Crippen molar-refractivity contribution in [3.8, 4) is 28.3 Å². The lowest BCUT2D eigenvalue weighted by atomic mass is 9.94. The molecule has 1 fully saturated rings. The minimum atomic E-state index is -0.753. The summed E-state index contributed by atoms with van der Waals surface area (Å²) in [6.07, 6.45) is 4.29. The highest BCUT2D eigenvalue weighted by atomic mass is 16.4. The van der Waals surface area contributed by atoms with Crippen molar-refractivity contribution in [2.75, 3.05) is 23.7 Å². The van der Waals surface area contributed by atoms with Crippen LogP contribution >= 0.6 is 0 Å². The summed E-state index contributed by atoms with van der Waals surface area (Å²) in [5, 5.41) is 9.40. The van der Waals surface area contributed by atoms with E-state index >= 15 is 0 Å². The first-order chi connectivity index (χ1) is 18.5. The Morgan fingerprint density at radius 3 is 2.61 bits per heavy atom. The molecule has 1 saturated heterocycles. The summed E-state index contributed by atoms with van der Waals surface area (Å²) >= 11 is 0. The standard InChI is InChI=1S/C29H27N7O2/c1-18(29(37)38)20-13-15-35(17-20)25-12-9-21(16-32-25)36-27(22-8-5-14-31-26(22)30)34-24-11-10-23(33-28(24)36)19-6-3-2-4-7-19/h2-12,14,16,18,20H,13,15,17H2,1H3,(H2,30,31)(H,37,38). The second-order valence-electron chi connectivity index (χ2n) is 9.61. The van der Waals surface area contributed by atoms with Gasteiger partial charge in [0.05, 0.1) is 29.1 Å². The van der Waals surface area contributed by atoms with Crippen LogP contribution in [0.25, 0.3) is 39.5 Å². The molecular formula is C29H27N7O2. The molecule has 5 heterocycles. The van der Waals surface area contributed by atoms with Crippen LogP contribution < -0.4 is 10.6 Å². The molecule has 1 aromatic carbocycles. The van der Waals surface area contributed by atoms with Crippen molar-refractivity contribution in [2.24, 2.45) is 11.8 Å². The summed E-state index contributed by atoms with van der Waals surface area (Å²) in [5.74, 6) is 0.804. The number of hydrogen-bond acceptors (Lipinski definition) is 7. The highest BCUT2D eigenvalue weighted by Crippen LogP contribution is 2.33. The van der Waals surface area contributed by atoms with Gasteiger partial charge in [-0.05, 0) is 48.7 Å². The van der Waals surface area contributed by atoms with E-state index in [1.54, 1.807) is 19.3 Å². The SMILES string of the molecule is CC(C(=O)O)C1CCN(c2ccc(-n3c(-c4cccnc4N)nc4ccc(-c5ccccc5)nc43)cn2)C1. The molecule has 0 spiro atoms. The maximum absolute atomic E-state index is 11.4. The van der Waals surface area contributed by atoms with Gasteiger partial charge in [-0.3, -0.25) is 9.36 Å². The van der Waals surface area contributed by atoms with Gasteiger partial charge in [-0.1, -0.05) is 37.3 Å². The number of nitrogens with zero attached hydrogens (tertiary/aromatic N) is 6. The fourth-order valence-electron chi connectivity index (χ4n) is 5.06. The largest absolute Gasteiger partial charge is 0.481 e. The zero-order valence-corrected chi connectivity index (χ0v) is 20.9. The van der Waals surface area contributed by atoms with Gasteiger partial charge in [0.25, 0.3) is 0 Å². The molecule has 5 aromatic rings. The Balaban J connectivity index is 1.43. The maximum atomic E-state index is 11.4. The second kappa shape index (κ2) is 9.59. The van der Waals surface area contributed by atoms with Gasteiger partial charge in [-0.15, -0.1) is 0 Å². The number of aliphatic carboxylic acids is 1. The number of hydrogen-bond donors (Lipinski definition) is 2. The molecule has 2 atom stereocenters. The Bertz CT molecular complexity index is 1620. The zero-order chi connectivity index (χ0) is 26.2. The van der Waals surface area contributed by atoms with E-state index in [1.165, 1.54) is 0 Å². The van der Waals surface area contributed by atoms with Crippen LogP contribution in [0.2, 0.25) is 0 Å². The molecule has 9 heteroatoms. The predicted molar refractivity (Wildman–Crippen MR) is 147 cm³/mol. The Morgan fingerprint density at radius 1 is 1.03 bits per heavy atom.